The molecule has 2 aromatic carbocycles. The number of hydrogen-bond acceptors (Lipinski definition) is 4. The highest BCUT2D eigenvalue weighted by Gasteiger charge is 2.13. The lowest BCUT2D eigenvalue weighted by Gasteiger charge is -2.09. The third-order valence-electron chi connectivity index (χ3n) is 2.64. The van der Waals surface area contributed by atoms with E-state index in [0.717, 1.165) is 0 Å². The zero-order chi connectivity index (χ0) is 15.6. The number of phenolic OH excluding ortho intramolecular Hbond substituents is 1. The molecule has 4 N–H and O–H groups in total. The molecule has 0 aromatic heterocycles. The lowest BCUT2D eigenvalue weighted by molar-refractivity contribution is 0.102. The molecule has 0 radical (unpaired) electrons. The van der Waals surface area contributed by atoms with Crippen LogP contribution in [0.4, 0.5) is 5.69 Å². The van der Waals surface area contributed by atoms with Crippen molar-refractivity contribution >= 4 is 33.2 Å². The van der Waals surface area contributed by atoms with Crippen LogP contribution >= 0.6 is 11.6 Å². The molecule has 1 amide bonds. The van der Waals surface area contributed by atoms with Gasteiger partial charge in [0.1, 0.15) is 5.75 Å². The SMILES string of the molecule is NS(=O)(=O)c1ccc(Cl)c(NC(=O)c2ccc(O)cc2)c1. The van der Waals surface area contributed by atoms with E-state index in [9.17, 15) is 13.2 Å². The summed E-state index contributed by atoms with van der Waals surface area (Å²) < 4.78 is 22.6. The van der Waals surface area contributed by atoms with E-state index in [0.29, 0.717) is 0 Å². The van der Waals surface area contributed by atoms with Gasteiger partial charge in [-0.1, -0.05) is 11.6 Å². The van der Waals surface area contributed by atoms with E-state index >= 15 is 0 Å². The monoisotopic (exact) mass is 326 g/mol. The molecule has 0 aliphatic heterocycles. The molecule has 8 heteroatoms. The van der Waals surface area contributed by atoms with Crippen molar-refractivity contribution in [2.45, 2.75) is 4.90 Å². The molecular weight excluding hydrogens is 316 g/mol. The number of primary sulfonamides is 1. The summed E-state index contributed by atoms with van der Waals surface area (Å²) in [5.74, 6) is -0.468. The summed E-state index contributed by atoms with van der Waals surface area (Å²) in [6.07, 6.45) is 0. The van der Waals surface area contributed by atoms with Crippen molar-refractivity contribution in [3.05, 3.63) is 53.1 Å². The van der Waals surface area contributed by atoms with Crippen LogP contribution in [-0.2, 0) is 10.0 Å². The fraction of sp³-hybridized carbons (Fsp3) is 0. The summed E-state index contributed by atoms with van der Waals surface area (Å²) in [6.45, 7) is 0. The predicted octanol–water partition coefficient (Wildman–Crippen LogP) is 1.95. The number of phenols is 1. The zero-order valence-electron chi connectivity index (χ0n) is 10.6. The molecule has 0 saturated carbocycles. The van der Waals surface area contributed by atoms with Gasteiger partial charge in [-0.2, -0.15) is 0 Å². The van der Waals surface area contributed by atoms with Crippen LogP contribution in [0.1, 0.15) is 10.4 Å². The fourth-order valence-corrected chi connectivity index (χ4v) is 2.29. The van der Waals surface area contributed by atoms with Crippen LogP contribution in [0.15, 0.2) is 47.4 Å². The Morgan fingerprint density at radius 1 is 1.14 bits per heavy atom. The number of carbonyl (C=O) groups is 1. The summed E-state index contributed by atoms with van der Waals surface area (Å²) >= 11 is 5.91. The quantitative estimate of drug-likeness (QED) is 0.800. The van der Waals surface area contributed by atoms with E-state index < -0.39 is 15.9 Å². The van der Waals surface area contributed by atoms with E-state index in [1.54, 1.807) is 0 Å². The Hall–Kier alpha value is -2.09. The highest BCUT2D eigenvalue weighted by molar-refractivity contribution is 7.89. The first kappa shape index (κ1) is 15.3. The van der Waals surface area contributed by atoms with E-state index in [1.165, 1.54) is 42.5 Å². The van der Waals surface area contributed by atoms with Crippen molar-refractivity contribution in [1.82, 2.24) is 0 Å². The second kappa shape index (κ2) is 5.72. The van der Waals surface area contributed by atoms with E-state index in [-0.39, 0.29) is 26.9 Å². The average molecular weight is 327 g/mol. The van der Waals surface area contributed by atoms with Crippen molar-refractivity contribution in [3.8, 4) is 5.75 Å². The number of anilines is 1. The lowest BCUT2D eigenvalue weighted by Crippen LogP contribution is -2.15. The number of benzene rings is 2. The third kappa shape index (κ3) is 3.72. The van der Waals surface area contributed by atoms with Gasteiger partial charge in [0, 0.05) is 5.56 Å². The molecule has 0 atom stereocenters. The second-order valence-electron chi connectivity index (χ2n) is 4.19. The first-order valence-corrected chi connectivity index (χ1v) is 7.62. The molecule has 0 unspecified atom stereocenters. The van der Waals surface area contributed by atoms with Gasteiger partial charge in [0.15, 0.2) is 0 Å². The van der Waals surface area contributed by atoms with Crippen LogP contribution in [-0.4, -0.2) is 19.4 Å². The van der Waals surface area contributed by atoms with Gasteiger partial charge in [-0.15, -0.1) is 0 Å². The number of nitrogens with one attached hydrogen (secondary N) is 1. The number of sulfonamides is 1. The number of nitrogens with two attached hydrogens (primary N) is 1. The smallest absolute Gasteiger partial charge is 0.255 e. The molecule has 0 aliphatic carbocycles. The van der Waals surface area contributed by atoms with Crippen LogP contribution in [0.25, 0.3) is 0 Å². The minimum atomic E-state index is -3.89. The van der Waals surface area contributed by atoms with Gasteiger partial charge >= 0.3 is 0 Å². The van der Waals surface area contributed by atoms with Gasteiger partial charge in [-0.05, 0) is 42.5 Å². The Labute approximate surface area is 126 Å². The molecule has 0 aliphatic rings. The standard InChI is InChI=1S/C13H11ClN2O4S/c14-11-6-5-10(21(15,19)20)7-12(11)16-13(18)8-1-3-9(17)4-2-8/h1-7,17H,(H,16,18)(H2,15,19,20). The molecule has 2 rings (SSSR count). The third-order valence-corrected chi connectivity index (χ3v) is 3.88. The van der Waals surface area contributed by atoms with Crippen LogP contribution in [0.3, 0.4) is 0 Å². The largest absolute Gasteiger partial charge is 0.508 e. The number of halogens is 1. The molecule has 0 bridgehead atoms. The number of aromatic hydroxyl groups is 1. The van der Waals surface area contributed by atoms with E-state index in [2.05, 4.69) is 5.32 Å². The maximum Gasteiger partial charge on any atom is 0.255 e. The fourth-order valence-electron chi connectivity index (χ4n) is 1.58. The molecule has 0 spiro atoms. The molecular formula is C13H11ClN2O4S. The van der Waals surface area contributed by atoms with Crippen molar-refractivity contribution in [2.75, 3.05) is 5.32 Å². The maximum atomic E-state index is 12.0. The van der Waals surface area contributed by atoms with Crippen LogP contribution in [0.2, 0.25) is 5.02 Å². The van der Waals surface area contributed by atoms with Gasteiger partial charge in [0.05, 0.1) is 15.6 Å². The molecule has 0 heterocycles. The second-order valence-corrected chi connectivity index (χ2v) is 6.16. The number of amides is 1. The first-order chi connectivity index (χ1) is 9.77. The van der Waals surface area contributed by atoms with Crippen LogP contribution in [0, 0.1) is 0 Å². The highest BCUT2D eigenvalue weighted by Crippen LogP contribution is 2.25. The highest BCUT2D eigenvalue weighted by atomic mass is 35.5. The topological polar surface area (TPSA) is 109 Å². The lowest BCUT2D eigenvalue weighted by atomic mass is 10.2. The minimum Gasteiger partial charge on any atom is -0.508 e. The van der Waals surface area contributed by atoms with Crippen LogP contribution < -0.4 is 10.5 Å². The maximum absolute atomic E-state index is 12.0. The van der Waals surface area contributed by atoms with Gasteiger partial charge in [-0.3, -0.25) is 4.79 Å². The van der Waals surface area contributed by atoms with Crippen molar-refractivity contribution in [3.63, 3.8) is 0 Å². The summed E-state index contributed by atoms with van der Waals surface area (Å²) in [7, 11) is -3.89. The molecule has 21 heavy (non-hydrogen) atoms. The zero-order valence-corrected chi connectivity index (χ0v) is 12.1. The minimum absolute atomic E-state index is 0.0285. The number of hydrogen-bond donors (Lipinski definition) is 3. The summed E-state index contributed by atoms with van der Waals surface area (Å²) in [6, 6.07) is 9.30. The number of carbonyl (C=O) groups excluding carboxylic acids is 1. The summed E-state index contributed by atoms with van der Waals surface area (Å²) in [5, 5.41) is 16.8. The van der Waals surface area contributed by atoms with E-state index in [4.69, 9.17) is 21.8 Å². The number of rotatable bonds is 3. The predicted molar refractivity (Wildman–Crippen MR) is 78.9 cm³/mol. The Bertz CT molecular complexity index is 788. The van der Waals surface area contributed by atoms with Gasteiger partial charge in [-0.25, -0.2) is 13.6 Å². The van der Waals surface area contributed by atoms with Crippen molar-refractivity contribution < 1.29 is 18.3 Å². The molecule has 0 fully saturated rings. The van der Waals surface area contributed by atoms with E-state index in [1.807, 2.05) is 0 Å². The Balaban J connectivity index is 2.31. The van der Waals surface area contributed by atoms with Gasteiger partial charge in [0.25, 0.3) is 5.91 Å². The summed E-state index contributed by atoms with van der Waals surface area (Å²) in [4.78, 5) is 11.8. The average Bonchev–Trinajstić information content (AvgIpc) is 2.40. The Morgan fingerprint density at radius 2 is 1.76 bits per heavy atom. The molecule has 110 valence electrons. The molecule has 6 nitrogen and oxygen atoms in total. The molecule has 2 aromatic rings. The Morgan fingerprint density at radius 3 is 2.33 bits per heavy atom. The Kier molecular flexibility index (Phi) is 4.17. The van der Waals surface area contributed by atoms with Crippen molar-refractivity contribution in [1.29, 1.82) is 0 Å². The first-order valence-electron chi connectivity index (χ1n) is 5.70. The van der Waals surface area contributed by atoms with Crippen molar-refractivity contribution in [2.24, 2.45) is 5.14 Å². The molecule has 0 saturated heterocycles. The van der Waals surface area contributed by atoms with Gasteiger partial charge < -0.3 is 10.4 Å². The van der Waals surface area contributed by atoms with Crippen LogP contribution in [0.5, 0.6) is 5.75 Å². The summed E-state index contributed by atoms with van der Waals surface area (Å²) in [5.41, 5.74) is 0.408. The normalized spacial score (nSPS) is 11.1. The van der Waals surface area contributed by atoms with Gasteiger partial charge in [0.2, 0.25) is 10.0 Å².